The third-order valence-electron chi connectivity index (χ3n) is 4.01. The zero-order valence-corrected chi connectivity index (χ0v) is 17.5. The Morgan fingerprint density at radius 2 is 2.07 bits per heavy atom. The molecule has 1 N–H and O–H groups in total. The number of nitrogens with one attached hydrogen (secondary N) is 1. The van der Waals surface area contributed by atoms with Crippen LogP contribution in [0.4, 0.5) is 0 Å². The van der Waals surface area contributed by atoms with Crippen LogP contribution in [0.1, 0.15) is 44.2 Å². The summed E-state index contributed by atoms with van der Waals surface area (Å²) in [5.41, 5.74) is 1.27. The molecule has 0 aliphatic heterocycles. The lowest BCUT2D eigenvalue weighted by Gasteiger charge is -2.13. The summed E-state index contributed by atoms with van der Waals surface area (Å²) in [6.45, 7) is 7.78. The molecular weight excluding hydrogens is 388 g/mol. The lowest BCUT2D eigenvalue weighted by atomic mass is 10.2. The van der Waals surface area contributed by atoms with Gasteiger partial charge in [-0.25, -0.2) is 9.97 Å². The van der Waals surface area contributed by atoms with E-state index in [0.29, 0.717) is 35.5 Å². The number of pyridine rings is 1. The van der Waals surface area contributed by atoms with E-state index in [1.807, 2.05) is 13.0 Å². The van der Waals surface area contributed by atoms with Crippen molar-refractivity contribution in [3.63, 3.8) is 0 Å². The van der Waals surface area contributed by atoms with Gasteiger partial charge in [-0.2, -0.15) is 5.26 Å². The Labute approximate surface area is 173 Å². The summed E-state index contributed by atoms with van der Waals surface area (Å²) in [6, 6.07) is 9.14. The molecule has 0 spiro atoms. The number of carbonyl (C=O) groups excluding carboxylic acids is 1. The van der Waals surface area contributed by atoms with Crippen molar-refractivity contribution in [2.45, 2.75) is 39.7 Å². The second kappa shape index (κ2) is 8.88. The van der Waals surface area contributed by atoms with Crippen molar-refractivity contribution in [1.82, 2.24) is 15.3 Å². The van der Waals surface area contributed by atoms with E-state index in [-0.39, 0.29) is 11.9 Å². The average molecular weight is 410 g/mol. The van der Waals surface area contributed by atoms with Crippen molar-refractivity contribution < 1.29 is 14.3 Å². The second-order valence-corrected chi connectivity index (χ2v) is 7.98. The van der Waals surface area contributed by atoms with Crippen molar-refractivity contribution in [2.24, 2.45) is 0 Å². The molecule has 1 unspecified atom stereocenters. The first-order valence-electron chi connectivity index (χ1n) is 9.24. The molecule has 0 aliphatic rings. The maximum absolute atomic E-state index is 11.0. The quantitative estimate of drug-likeness (QED) is 0.621. The maximum Gasteiger partial charge on any atom is 0.217 e. The number of nitriles is 1. The van der Waals surface area contributed by atoms with E-state index < -0.39 is 0 Å². The lowest BCUT2D eigenvalue weighted by Crippen LogP contribution is -2.35. The number of ether oxygens (including phenoxy) is 2. The molecule has 0 saturated heterocycles. The van der Waals surface area contributed by atoms with Crippen molar-refractivity contribution >= 4 is 27.5 Å². The van der Waals surface area contributed by atoms with Gasteiger partial charge in [0, 0.05) is 18.9 Å². The van der Waals surface area contributed by atoms with Gasteiger partial charge in [0.15, 0.2) is 0 Å². The van der Waals surface area contributed by atoms with Gasteiger partial charge in [-0.05, 0) is 25.1 Å². The Morgan fingerprint density at radius 3 is 2.69 bits per heavy atom. The molecule has 3 rings (SSSR count). The average Bonchev–Trinajstić information content (AvgIpc) is 3.11. The number of carbonyl (C=O) groups is 1. The van der Waals surface area contributed by atoms with Crippen molar-refractivity contribution in [3.8, 4) is 23.4 Å². The molecule has 0 fully saturated rings. The molecule has 2 aromatic heterocycles. The molecule has 0 bridgehead atoms. The van der Waals surface area contributed by atoms with E-state index in [1.54, 1.807) is 18.2 Å². The third kappa shape index (κ3) is 5.00. The molecule has 7 nitrogen and oxygen atoms in total. The summed E-state index contributed by atoms with van der Waals surface area (Å²) in [5.74, 6) is 1.58. The summed E-state index contributed by atoms with van der Waals surface area (Å²) < 4.78 is 12.3. The van der Waals surface area contributed by atoms with Crippen LogP contribution in [0.15, 0.2) is 30.5 Å². The van der Waals surface area contributed by atoms with E-state index in [0.717, 1.165) is 15.2 Å². The van der Waals surface area contributed by atoms with Gasteiger partial charge in [-0.15, -0.1) is 11.3 Å². The molecular formula is C21H22N4O3S. The van der Waals surface area contributed by atoms with Crippen LogP contribution in [-0.4, -0.2) is 28.5 Å². The summed E-state index contributed by atoms with van der Waals surface area (Å²) >= 11 is 1.52. The highest BCUT2D eigenvalue weighted by Crippen LogP contribution is 2.36. The minimum atomic E-state index is -0.120. The van der Waals surface area contributed by atoms with Crippen molar-refractivity contribution in [1.29, 1.82) is 5.26 Å². The molecule has 1 atom stereocenters. The molecule has 1 aromatic carbocycles. The molecule has 3 aromatic rings. The summed E-state index contributed by atoms with van der Waals surface area (Å²) in [4.78, 5) is 19.8. The molecule has 8 heteroatoms. The number of fused-ring (bicyclic) bond motifs is 1. The van der Waals surface area contributed by atoms with Crippen LogP contribution >= 0.6 is 11.3 Å². The Morgan fingerprint density at radius 1 is 1.28 bits per heavy atom. The van der Waals surface area contributed by atoms with Crippen LogP contribution in [0, 0.1) is 11.3 Å². The minimum absolute atomic E-state index is 0.107. The minimum Gasteiger partial charge on any atom is -0.475 e. The summed E-state index contributed by atoms with van der Waals surface area (Å²) in [7, 11) is 0. The fourth-order valence-corrected chi connectivity index (χ4v) is 3.72. The van der Waals surface area contributed by atoms with Gasteiger partial charge in [0.1, 0.15) is 29.7 Å². The first-order chi connectivity index (χ1) is 13.9. The topological polar surface area (TPSA) is 97.1 Å². The Balaban J connectivity index is 1.73. The SMILES string of the molecule is CC(=O)NC(C)COc1ccc(Oc2ccc3nc(C(C)C)sc3c2C#N)cn1. The zero-order valence-electron chi connectivity index (χ0n) is 16.7. The Hall–Kier alpha value is -3.18. The predicted molar refractivity (Wildman–Crippen MR) is 112 cm³/mol. The molecule has 150 valence electrons. The number of hydrogen-bond acceptors (Lipinski definition) is 7. The molecule has 29 heavy (non-hydrogen) atoms. The molecule has 1 amide bonds. The van der Waals surface area contributed by atoms with Crippen molar-refractivity contribution in [2.75, 3.05) is 6.61 Å². The summed E-state index contributed by atoms with van der Waals surface area (Å²) in [6.07, 6.45) is 1.54. The largest absolute Gasteiger partial charge is 0.475 e. The predicted octanol–water partition coefficient (Wildman–Crippen LogP) is 4.38. The normalized spacial score (nSPS) is 11.9. The highest BCUT2D eigenvalue weighted by molar-refractivity contribution is 7.18. The standard InChI is InChI=1S/C21H22N4O3S/c1-12(2)21-25-17-6-7-18(16(9-22)20(17)29-21)28-15-5-8-19(23-10-15)27-11-13(3)24-14(4)26/h5-8,10,12-13H,11H2,1-4H3,(H,24,26). The fourth-order valence-electron chi connectivity index (χ4n) is 2.67. The van der Waals surface area contributed by atoms with Gasteiger partial charge in [0.25, 0.3) is 0 Å². The van der Waals surface area contributed by atoms with Crippen LogP contribution in [0.25, 0.3) is 10.2 Å². The fraction of sp³-hybridized carbons (Fsp3) is 0.333. The number of amides is 1. The van der Waals surface area contributed by atoms with Crippen LogP contribution < -0.4 is 14.8 Å². The first kappa shape index (κ1) is 20.6. The van der Waals surface area contributed by atoms with E-state index in [9.17, 15) is 10.1 Å². The number of benzene rings is 1. The smallest absolute Gasteiger partial charge is 0.217 e. The van der Waals surface area contributed by atoms with Gasteiger partial charge < -0.3 is 14.8 Å². The highest BCUT2D eigenvalue weighted by Gasteiger charge is 2.15. The molecule has 0 aliphatic carbocycles. The maximum atomic E-state index is 11.0. The number of nitrogens with zero attached hydrogens (tertiary/aromatic N) is 3. The Bertz CT molecular complexity index is 1050. The van der Waals surface area contributed by atoms with Crippen LogP contribution in [0.2, 0.25) is 0 Å². The molecule has 0 saturated carbocycles. The number of rotatable bonds is 7. The van der Waals surface area contributed by atoms with Gasteiger partial charge in [-0.1, -0.05) is 13.8 Å². The van der Waals surface area contributed by atoms with Crippen LogP contribution in [0.3, 0.4) is 0 Å². The van der Waals surface area contributed by atoms with E-state index in [4.69, 9.17) is 9.47 Å². The Kier molecular flexibility index (Phi) is 6.29. The van der Waals surface area contributed by atoms with Crippen LogP contribution in [0.5, 0.6) is 17.4 Å². The number of thiazole rings is 1. The molecule has 0 radical (unpaired) electrons. The zero-order chi connectivity index (χ0) is 21.0. The molecule has 2 heterocycles. The van der Waals surface area contributed by atoms with E-state index in [2.05, 4.69) is 35.2 Å². The third-order valence-corrected chi connectivity index (χ3v) is 5.40. The van der Waals surface area contributed by atoms with E-state index in [1.165, 1.54) is 24.5 Å². The first-order valence-corrected chi connectivity index (χ1v) is 10.1. The monoisotopic (exact) mass is 410 g/mol. The number of hydrogen-bond donors (Lipinski definition) is 1. The second-order valence-electron chi connectivity index (χ2n) is 6.95. The highest BCUT2D eigenvalue weighted by atomic mass is 32.1. The number of aromatic nitrogens is 2. The lowest BCUT2D eigenvalue weighted by molar-refractivity contribution is -0.119. The summed E-state index contributed by atoms with van der Waals surface area (Å²) in [5, 5.41) is 13.4. The van der Waals surface area contributed by atoms with Crippen LogP contribution in [-0.2, 0) is 4.79 Å². The van der Waals surface area contributed by atoms with E-state index >= 15 is 0 Å². The van der Waals surface area contributed by atoms with Gasteiger partial charge in [0.2, 0.25) is 11.8 Å². The van der Waals surface area contributed by atoms with Gasteiger partial charge >= 0.3 is 0 Å². The van der Waals surface area contributed by atoms with Gasteiger partial charge in [-0.3, -0.25) is 4.79 Å². The van der Waals surface area contributed by atoms with Crippen molar-refractivity contribution in [3.05, 3.63) is 41.0 Å². The van der Waals surface area contributed by atoms with Gasteiger partial charge in [0.05, 0.1) is 27.5 Å².